The van der Waals surface area contributed by atoms with Crippen molar-refractivity contribution >= 4 is 0 Å². The average Bonchev–Trinajstić information content (AvgIpc) is 2.37. The summed E-state index contributed by atoms with van der Waals surface area (Å²) in [5.74, 6) is 0. The predicted octanol–water partition coefficient (Wildman–Crippen LogP) is 3.65. The van der Waals surface area contributed by atoms with E-state index < -0.39 is 0 Å². The summed E-state index contributed by atoms with van der Waals surface area (Å²) >= 11 is 0. The van der Waals surface area contributed by atoms with E-state index in [1.807, 2.05) is 13.8 Å². The van der Waals surface area contributed by atoms with Gasteiger partial charge in [-0.15, -0.1) is 0 Å². The summed E-state index contributed by atoms with van der Waals surface area (Å²) in [5, 5.41) is 8.93. The van der Waals surface area contributed by atoms with Crippen molar-refractivity contribution in [3.05, 3.63) is 0 Å². The number of aliphatic hydroxyl groups is 1. The van der Waals surface area contributed by atoms with Crippen LogP contribution in [0.25, 0.3) is 0 Å². The highest BCUT2D eigenvalue weighted by Crippen LogP contribution is 2.36. The zero-order chi connectivity index (χ0) is 17.6. The molecule has 0 rings (SSSR count). The molecule has 0 radical (unpaired) electrons. The van der Waals surface area contributed by atoms with Crippen molar-refractivity contribution in [3.8, 4) is 0 Å². The van der Waals surface area contributed by atoms with E-state index in [9.17, 15) is 0 Å². The molecule has 0 aromatic rings. The van der Waals surface area contributed by atoms with Gasteiger partial charge in [-0.25, -0.2) is 0 Å². The summed E-state index contributed by atoms with van der Waals surface area (Å²) < 4.78 is 17.5. The van der Waals surface area contributed by atoms with Crippen molar-refractivity contribution in [2.75, 3.05) is 19.8 Å². The minimum atomic E-state index is -0.147. The van der Waals surface area contributed by atoms with E-state index in [1.165, 1.54) is 0 Å². The maximum Gasteiger partial charge on any atom is 0.0784 e. The number of ether oxygens (including phenoxy) is 3. The van der Waals surface area contributed by atoms with E-state index in [4.69, 9.17) is 19.3 Å². The van der Waals surface area contributed by atoms with Crippen molar-refractivity contribution in [2.45, 2.75) is 86.7 Å². The lowest BCUT2D eigenvalue weighted by Crippen LogP contribution is -2.43. The van der Waals surface area contributed by atoms with Crippen LogP contribution in [-0.2, 0) is 14.2 Å². The molecule has 3 unspecified atom stereocenters. The second kappa shape index (κ2) is 9.21. The van der Waals surface area contributed by atoms with E-state index in [-0.39, 0.29) is 41.9 Å². The molecule has 0 fully saturated rings. The molecule has 0 spiro atoms. The normalized spacial score (nSPS) is 17.6. The van der Waals surface area contributed by atoms with E-state index in [2.05, 4.69) is 48.5 Å². The number of hydrogen-bond donors (Lipinski definition) is 1. The Morgan fingerprint density at radius 3 is 1.55 bits per heavy atom. The zero-order valence-corrected chi connectivity index (χ0v) is 16.1. The highest BCUT2D eigenvalue weighted by molar-refractivity contribution is 4.85. The fraction of sp³-hybridized carbons (Fsp3) is 1.00. The third-order valence-electron chi connectivity index (χ3n) is 3.43. The summed E-state index contributed by atoms with van der Waals surface area (Å²) in [4.78, 5) is 0. The second-order valence-electron chi connectivity index (χ2n) is 8.53. The highest BCUT2D eigenvalue weighted by atomic mass is 16.6. The molecule has 4 nitrogen and oxygen atoms in total. The third kappa shape index (κ3) is 9.09. The van der Waals surface area contributed by atoms with Crippen molar-refractivity contribution in [1.29, 1.82) is 0 Å². The summed E-state index contributed by atoms with van der Waals surface area (Å²) in [6.45, 7) is 20.2. The van der Waals surface area contributed by atoms with Crippen LogP contribution < -0.4 is 0 Å². The van der Waals surface area contributed by atoms with Crippen LogP contribution in [0.5, 0.6) is 0 Å². The van der Waals surface area contributed by atoms with E-state index in [0.29, 0.717) is 13.2 Å². The largest absolute Gasteiger partial charge is 0.394 e. The van der Waals surface area contributed by atoms with Gasteiger partial charge in [-0.1, -0.05) is 41.5 Å². The quantitative estimate of drug-likeness (QED) is 0.705. The molecular weight excluding hydrogens is 280 g/mol. The van der Waals surface area contributed by atoms with Crippen molar-refractivity contribution < 1.29 is 19.3 Å². The van der Waals surface area contributed by atoms with Gasteiger partial charge in [-0.05, 0) is 31.6 Å². The molecule has 4 heteroatoms. The summed E-state index contributed by atoms with van der Waals surface area (Å²) in [7, 11) is 0. The van der Waals surface area contributed by atoms with Gasteiger partial charge in [0.2, 0.25) is 0 Å². The van der Waals surface area contributed by atoms with Crippen LogP contribution in [0.4, 0.5) is 0 Å². The number of hydrogen-bond acceptors (Lipinski definition) is 4. The fourth-order valence-electron chi connectivity index (χ4n) is 2.68. The Balaban J connectivity index is 4.28. The second-order valence-corrected chi connectivity index (χ2v) is 8.53. The first-order valence-electron chi connectivity index (χ1n) is 8.37. The molecule has 1 N–H and O–H groups in total. The molecule has 0 saturated carbocycles. The van der Waals surface area contributed by atoms with Gasteiger partial charge in [0.05, 0.1) is 44.2 Å². The monoisotopic (exact) mass is 318 g/mol. The Bertz CT molecular complexity index is 276. The Labute approximate surface area is 137 Å². The van der Waals surface area contributed by atoms with Crippen molar-refractivity contribution in [1.82, 2.24) is 0 Å². The van der Waals surface area contributed by atoms with Crippen LogP contribution >= 0.6 is 0 Å². The Kier molecular flexibility index (Phi) is 9.15. The minimum absolute atomic E-state index is 0.0113. The topological polar surface area (TPSA) is 47.9 Å². The van der Waals surface area contributed by atoms with Crippen LogP contribution in [0.1, 0.15) is 62.3 Å². The first kappa shape index (κ1) is 21.8. The van der Waals surface area contributed by atoms with Gasteiger partial charge in [-0.2, -0.15) is 0 Å². The number of rotatable bonds is 9. The molecule has 0 aromatic heterocycles. The summed E-state index contributed by atoms with van der Waals surface area (Å²) in [5.41, 5.74) is 0.162. The maximum absolute atomic E-state index is 8.93. The van der Waals surface area contributed by atoms with E-state index in [0.717, 1.165) is 0 Å². The van der Waals surface area contributed by atoms with Gasteiger partial charge in [0.25, 0.3) is 0 Å². The molecule has 3 atom stereocenters. The Hall–Kier alpha value is -0.160. The minimum Gasteiger partial charge on any atom is -0.394 e. The predicted molar refractivity (Wildman–Crippen MR) is 91.2 cm³/mol. The van der Waals surface area contributed by atoms with Gasteiger partial charge in [0.15, 0.2) is 0 Å². The Morgan fingerprint density at radius 1 is 0.727 bits per heavy atom. The molecule has 0 heterocycles. The van der Waals surface area contributed by atoms with Crippen LogP contribution in [0.3, 0.4) is 0 Å². The van der Waals surface area contributed by atoms with Gasteiger partial charge in [0.1, 0.15) is 0 Å². The standard InChI is InChI=1S/C18H38O4/c1-13(10-19)20-11-14(2)21-12-15(3)22-16(17(4,5)6)18(7,8)9/h13-16,19H,10-12H2,1-9H3. The number of aliphatic hydroxyl groups excluding tert-OH is 1. The molecule has 0 aliphatic rings. The maximum atomic E-state index is 8.93. The van der Waals surface area contributed by atoms with Crippen LogP contribution in [0.2, 0.25) is 0 Å². The lowest BCUT2D eigenvalue weighted by Gasteiger charge is -2.42. The molecule has 0 aliphatic carbocycles. The molecular formula is C18H38O4. The van der Waals surface area contributed by atoms with Crippen LogP contribution in [0, 0.1) is 10.8 Å². The smallest absolute Gasteiger partial charge is 0.0784 e. The van der Waals surface area contributed by atoms with Crippen molar-refractivity contribution in [2.24, 2.45) is 10.8 Å². The molecule has 0 aromatic carbocycles. The third-order valence-corrected chi connectivity index (χ3v) is 3.43. The van der Waals surface area contributed by atoms with Crippen LogP contribution in [0.15, 0.2) is 0 Å². The molecule has 0 amide bonds. The van der Waals surface area contributed by atoms with Gasteiger partial charge < -0.3 is 19.3 Å². The van der Waals surface area contributed by atoms with Gasteiger partial charge >= 0.3 is 0 Å². The van der Waals surface area contributed by atoms with Crippen LogP contribution in [-0.4, -0.2) is 49.3 Å². The van der Waals surface area contributed by atoms with Gasteiger partial charge in [-0.3, -0.25) is 0 Å². The first-order valence-corrected chi connectivity index (χ1v) is 8.37. The van der Waals surface area contributed by atoms with E-state index in [1.54, 1.807) is 0 Å². The highest BCUT2D eigenvalue weighted by Gasteiger charge is 2.36. The van der Waals surface area contributed by atoms with E-state index >= 15 is 0 Å². The molecule has 0 bridgehead atoms. The first-order chi connectivity index (χ1) is 9.87. The zero-order valence-electron chi connectivity index (χ0n) is 16.1. The summed E-state index contributed by atoms with van der Waals surface area (Å²) in [6.07, 6.45) is 0.0226. The SMILES string of the molecule is CC(CO)OCC(C)OCC(C)OC(C(C)(C)C)C(C)(C)C. The lowest BCUT2D eigenvalue weighted by molar-refractivity contribution is -0.142. The molecule has 0 saturated heterocycles. The molecule has 22 heavy (non-hydrogen) atoms. The lowest BCUT2D eigenvalue weighted by atomic mass is 9.74. The molecule has 0 aliphatic heterocycles. The summed E-state index contributed by atoms with van der Waals surface area (Å²) in [6, 6.07) is 0. The Morgan fingerprint density at radius 2 is 1.14 bits per heavy atom. The fourth-order valence-corrected chi connectivity index (χ4v) is 2.68. The van der Waals surface area contributed by atoms with Gasteiger partial charge in [0, 0.05) is 0 Å². The van der Waals surface area contributed by atoms with Crippen molar-refractivity contribution in [3.63, 3.8) is 0 Å². The molecule has 134 valence electrons. The average molecular weight is 318 g/mol.